The van der Waals surface area contributed by atoms with Gasteiger partial charge in [-0.3, -0.25) is 4.79 Å². The van der Waals surface area contributed by atoms with Crippen molar-refractivity contribution in [1.82, 2.24) is 10.6 Å². The average molecular weight is 416 g/mol. The molecule has 1 atom stereocenters. The number of hydrogen-bond donors (Lipinski definition) is 2. The summed E-state index contributed by atoms with van der Waals surface area (Å²) in [5, 5.41) is 5.45. The van der Waals surface area contributed by atoms with Gasteiger partial charge >= 0.3 is 6.09 Å². The van der Waals surface area contributed by atoms with Crippen molar-refractivity contribution in [1.29, 1.82) is 0 Å². The Labute approximate surface area is 176 Å². The number of alkyl carbamates (subject to hydrolysis) is 1. The number of amides is 2. The Kier molecular flexibility index (Phi) is 7.80. The van der Waals surface area contributed by atoms with Crippen LogP contribution in [0.25, 0.3) is 0 Å². The summed E-state index contributed by atoms with van der Waals surface area (Å²) in [5.74, 6) is -0.354. The van der Waals surface area contributed by atoms with Gasteiger partial charge in [-0.05, 0) is 45.4 Å². The van der Waals surface area contributed by atoms with Crippen LogP contribution < -0.4 is 15.4 Å². The molecule has 0 aliphatic carbocycles. The number of hydrogen-bond acceptors (Lipinski definition) is 4. The highest BCUT2D eigenvalue weighted by Gasteiger charge is 2.22. The van der Waals surface area contributed by atoms with Crippen LogP contribution in [-0.2, 0) is 11.3 Å². The Morgan fingerprint density at radius 3 is 2.43 bits per heavy atom. The smallest absolute Gasteiger partial charge is 0.407 e. The fourth-order valence-electron chi connectivity index (χ4n) is 3.02. The number of methoxy groups -OCH3 is 1. The fourth-order valence-corrected chi connectivity index (χ4v) is 3.02. The van der Waals surface area contributed by atoms with E-state index in [0.29, 0.717) is 12.2 Å². The second-order valence-corrected chi connectivity index (χ2v) is 7.80. The van der Waals surface area contributed by atoms with Crippen molar-refractivity contribution in [3.8, 4) is 5.75 Å². The molecule has 0 aliphatic heterocycles. The first-order valence-corrected chi connectivity index (χ1v) is 9.84. The van der Waals surface area contributed by atoms with E-state index in [1.54, 1.807) is 27.9 Å². The maximum absolute atomic E-state index is 14.5. The first-order chi connectivity index (χ1) is 14.2. The van der Waals surface area contributed by atoms with Gasteiger partial charge in [-0.2, -0.15) is 0 Å². The van der Waals surface area contributed by atoms with E-state index >= 15 is 0 Å². The summed E-state index contributed by atoms with van der Waals surface area (Å²) in [6.45, 7) is 6.97. The number of carbonyl (C=O) groups is 2. The van der Waals surface area contributed by atoms with Crippen molar-refractivity contribution >= 4 is 12.0 Å². The molecule has 2 aromatic rings. The highest BCUT2D eigenvalue weighted by atomic mass is 19.1. The molecule has 2 aromatic carbocycles. The third kappa shape index (κ3) is 6.20. The van der Waals surface area contributed by atoms with Gasteiger partial charge in [-0.15, -0.1) is 0 Å². The summed E-state index contributed by atoms with van der Waals surface area (Å²) in [7, 11) is 1.57. The van der Waals surface area contributed by atoms with Crippen molar-refractivity contribution in [3.05, 3.63) is 65.0 Å². The molecule has 0 spiro atoms. The van der Waals surface area contributed by atoms with Gasteiger partial charge in [0.25, 0.3) is 5.91 Å². The molecule has 0 bridgehead atoms. The van der Waals surface area contributed by atoms with E-state index in [1.807, 2.05) is 31.2 Å². The summed E-state index contributed by atoms with van der Waals surface area (Å²) in [6, 6.07) is 11.3. The number of halogens is 1. The molecule has 2 rings (SSSR count). The zero-order valence-corrected chi connectivity index (χ0v) is 18.0. The molecule has 2 amide bonds. The highest BCUT2D eigenvalue weighted by Crippen LogP contribution is 2.27. The maximum atomic E-state index is 14.5. The van der Waals surface area contributed by atoms with Crippen molar-refractivity contribution < 1.29 is 23.5 Å². The average Bonchev–Trinajstić information content (AvgIpc) is 2.69. The molecule has 0 aromatic heterocycles. The van der Waals surface area contributed by atoms with E-state index in [1.165, 1.54) is 18.2 Å². The van der Waals surface area contributed by atoms with Gasteiger partial charge in [0.1, 0.15) is 17.2 Å². The van der Waals surface area contributed by atoms with Crippen molar-refractivity contribution in [3.63, 3.8) is 0 Å². The molecule has 7 heteroatoms. The highest BCUT2D eigenvalue weighted by molar-refractivity contribution is 5.96. The zero-order chi connectivity index (χ0) is 22.3. The van der Waals surface area contributed by atoms with Crippen LogP contribution in [0, 0.1) is 5.82 Å². The van der Waals surface area contributed by atoms with Crippen LogP contribution in [0.2, 0.25) is 0 Å². The Hall–Kier alpha value is -3.09. The molecule has 0 radical (unpaired) electrons. The van der Waals surface area contributed by atoms with Crippen LogP contribution in [0.1, 0.15) is 61.6 Å². The van der Waals surface area contributed by atoms with Gasteiger partial charge < -0.3 is 20.1 Å². The van der Waals surface area contributed by atoms with Crippen molar-refractivity contribution in [2.45, 2.75) is 52.3 Å². The third-order valence-electron chi connectivity index (χ3n) is 4.40. The van der Waals surface area contributed by atoms with E-state index in [2.05, 4.69) is 10.6 Å². The van der Waals surface area contributed by atoms with Crippen LogP contribution in [0.3, 0.4) is 0 Å². The molecule has 0 aliphatic rings. The Morgan fingerprint density at radius 2 is 1.80 bits per heavy atom. The van der Waals surface area contributed by atoms with E-state index in [0.717, 1.165) is 5.56 Å². The lowest BCUT2D eigenvalue weighted by molar-refractivity contribution is 0.0522. The van der Waals surface area contributed by atoms with Crippen LogP contribution >= 0.6 is 0 Å². The van der Waals surface area contributed by atoms with E-state index in [9.17, 15) is 14.0 Å². The molecule has 0 fully saturated rings. The van der Waals surface area contributed by atoms with Gasteiger partial charge in [0.05, 0.1) is 13.2 Å². The zero-order valence-electron chi connectivity index (χ0n) is 18.0. The second kappa shape index (κ2) is 10.1. The monoisotopic (exact) mass is 416 g/mol. The first kappa shape index (κ1) is 23.2. The predicted molar refractivity (Wildman–Crippen MR) is 113 cm³/mol. The topological polar surface area (TPSA) is 76.7 Å². The van der Waals surface area contributed by atoms with Crippen molar-refractivity contribution in [2.24, 2.45) is 0 Å². The summed E-state index contributed by atoms with van der Waals surface area (Å²) >= 11 is 0. The first-order valence-electron chi connectivity index (χ1n) is 9.84. The minimum absolute atomic E-state index is 0.0933. The Balaban J connectivity index is 2.21. The number of benzene rings is 2. The molecule has 162 valence electrons. The van der Waals surface area contributed by atoms with Crippen LogP contribution in [0.4, 0.5) is 9.18 Å². The molecule has 30 heavy (non-hydrogen) atoms. The lowest BCUT2D eigenvalue weighted by atomic mass is 10.0. The van der Waals surface area contributed by atoms with E-state index in [4.69, 9.17) is 9.47 Å². The molecular weight excluding hydrogens is 387 g/mol. The molecule has 6 nitrogen and oxygen atoms in total. The second-order valence-electron chi connectivity index (χ2n) is 7.80. The predicted octanol–water partition coefficient (Wildman–Crippen LogP) is 4.74. The molecule has 1 unspecified atom stereocenters. The van der Waals surface area contributed by atoms with Crippen LogP contribution in [-0.4, -0.2) is 24.7 Å². The summed E-state index contributed by atoms with van der Waals surface area (Å²) in [6.07, 6.45) is -0.0648. The fraction of sp³-hybridized carbons (Fsp3) is 0.391. The number of nitrogens with one attached hydrogen (secondary N) is 2. The Morgan fingerprint density at radius 1 is 1.10 bits per heavy atom. The Bertz CT molecular complexity index is 893. The largest absolute Gasteiger partial charge is 0.496 e. The lowest BCUT2D eigenvalue weighted by Gasteiger charge is -2.22. The minimum Gasteiger partial charge on any atom is -0.496 e. The quantitative estimate of drug-likeness (QED) is 0.684. The van der Waals surface area contributed by atoms with Crippen LogP contribution in [0.15, 0.2) is 42.5 Å². The molecule has 0 heterocycles. The number of carbonyl (C=O) groups excluding carboxylic acids is 2. The van der Waals surface area contributed by atoms with E-state index in [-0.39, 0.29) is 23.7 Å². The lowest BCUT2D eigenvalue weighted by Crippen LogP contribution is -2.34. The van der Waals surface area contributed by atoms with Gasteiger partial charge in [-0.25, -0.2) is 9.18 Å². The molecule has 0 saturated carbocycles. The molecule has 0 saturated heterocycles. The number of ether oxygens (including phenoxy) is 2. The van der Waals surface area contributed by atoms with Gasteiger partial charge in [0.2, 0.25) is 0 Å². The van der Waals surface area contributed by atoms with Crippen LogP contribution in [0.5, 0.6) is 5.75 Å². The summed E-state index contributed by atoms with van der Waals surface area (Å²) in [4.78, 5) is 24.9. The minimum atomic E-state index is -0.683. The normalized spacial score (nSPS) is 12.1. The van der Waals surface area contributed by atoms with Gasteiger partial charge in [0, 0.05) is 23.2 Å². The maximum Gasteiger partial charge on any atom is 0.407 e. The van der Waals surface area contributed by atoms with E-state index < -0.39 is 23.4 Å². The van der Waals surface area contributed by atoms with Crippen molar-refractivity contribution in [2.75, 3.05) is 7.11 Å². The summed E-state index contributed by atoms with van der Waals surface area (Å²) in [5.41, 5.74) is 0.402. The standard InChI is InChI=1S/C23H29FN2O4/c1-6-19(16-10-7-8-13-20(16)29-5)26-21(27)15-11-9-12-18(24)17(15)14-25-22(28)30-23(2,3)4/h7-13,19H,6,14H2,1-5H3,(H,25,28)(H,26,27). The SMILES string of the molecule is CCC(NC(=O)c1cccc(F)c1CNC(=O)OC(C)(C)C)c1ccccc1OC. The van der Waals surface area contributed by atoms with Gasteiger partial charge in [-0.1, -0.05) is 31.2 Å². The van der Waals surface area contributed by atoms with Gasteiger partial charge in [0.15, 0.2) is 0 Å². The summed E-state index contributed by atoms with van der Waals surface area (Å²) < 4.78 is 25.0. The molecule has 2 N–H and O–H groups in total. The third-order valence-corrected chi connectivity index (χ3v) is 4.40. The molecular formula is C23H29FN2O4. The number of para-hydroxylation sites is 1. The number of rotatable bonds is 7.